The van der Waals surface area contributed by atoms with Crippen molar-refractivity contribution in [3.63, 3.8) is 0 Å². The second kappa shape index (κ2) is 10.9. The molecule has 0 aliphatic carbocycles. The Morgan fingerprint density at radius 2 is 1.96 bits per heavy atom. The van der Waals surface area contributed by atoms with Crippen LogP contribution in [0.3, 0.4) is 0 Å². The zero-order valence-corrected chi connectivity index (χ0v) is 18.3. The Morgan fingerprint density at radius 1 is 1.27 bits per heavy atom. The van der Waals surface area contributed by atoms with Gasteiger partial charge in [0.1, 0.15) is 12.4 Å². The molecule has 0 aliphatic rings. The molecule has 0 fully saturated rings. The highest BCUT2D eigenvalue weighted by atomic mass is 127. The molecule has 1 aromatic carbocycles. The topological polar surface area (TPSA) is 67.1 Å². The van der Waals surface area contributed by atoms with Gasteiger partial charge in [0.25, 0.3) is 0 Å². The minimum atomic E-state index is 0. The number of guanidine groups is 1. The molecule has 7 heteroatoms. The second-order valence-electron chi connectivity index (χ2n) is 6.19. The van der Waals surface area contributed by atoms with E-state index in [2.05, 4.69) is 70.5 Å². The van der Waals surface area contributed by atoms with Crippen molar-refractivity contribution in [1.82, 2.24) is 25.4 Å². The molecule has 0 saturated carbocycles. The average Bonchev–Trinajstić information content (AvgIpc) is 2.95. The second-order valence-corrected chi connectivity index (χ2v) is 6.19. The fourth-order valence-electron chi connectivity index (χ4n) is 2.45. The number of aryl methyl sites for hydroxylation is 1. The maximum atomic E-state index is 4.65. The molecule has 0 radical (unpaired) electrons. The van der Waals surface area contributed by atoms with Crippen LogP contribution in [0.5, 0.6) is 0 Å². The van der Waals surface area contributed by atoms with Crippen molar-refractivity contribution in [3.8, 4) is 0 Å². The summed E-state index contributed by atoms with van der Waals surface area (Å²) in [4.78, 5) is 4.65. The Labute approximate surface area is 173 Å². The van der Waals surface area contributed by atoms with Crippen LogP contribution in [-0.2, 0) is 13.6 Å². The molecule has 1 heterocycles. The molecule has 2 N–H and O–H groups in total. The van der Waals surface area contributed by atoms with Crippen molar-refractivity contribution < 1.29 is 0 Å². The molecule has 1 aromatic heterocycles. The first kappa shape index (κ1) is 22.1. The standard InChI is InChI=1S/C19H28N6.HI/c1-6-12-20-19(21-13-18-24-23-16(4)25(18)5)22-15(3)14(2)17-10-8-7-9-11-17;/h6-11,14-15H,1,12-13H2,2-5H3,(H2,20,21,22);1H. The van der Waals surface area contributed by atoms with Gasteiger partial charge in [0.05, 0.1) is 0 Å². The number of hydrogen-bond acceptors (Lipinski definition) is 3. The number of nitrogens with zero attached hydrogens (tertiary/aromatic N) is 4. The van der Waals surface area contributed by atoms with Crippen LogP contribution in [0.4, 0.5) is 0 Å². The zero-order chi connectivity index (χ0) is 18.2. The first-order chi connectivity index (χ1) is 12.0. The number of benzene rings is 1. The fourth-order valence-corrected chi connectivity index (χ4v) is 2.45. The molecule has 0 bridgehead atoms. The van der Waals surface area contributed by atoms with E-state index in [1.807, 2.05) is 30.7 Å². The van der Waals surface area contributed by atoms with Crippen LogP contribution < -0.4 is 10.6 Å². The number of halogens is 1. The van der Waals surface area contributed by atoms with Gasteiger partial charge in [-0.25, -0.2) is 4.99 Å². The number of rotatable bonds is 7. The molecular formula is C19H29IN6. The van der Waals surface area contributed by atoms with Crippen molar-refractivity contribution in [2.75, 3.05) is 6.54 Å². The maximum absolute atomic E-state index is 4.65. The van der Waals surface area contributed by atoms with E-state index in [4.69, 9.17) is 0 Å². The zero-order valence-electron chi connectivity index (χ0n) is 15.9. The molecular weight excluding hydrogens is 439 g/mol. The van der Waals surface area contributed by atoms with Gasteiger partial charge >= 0.3 is 0 Å². The average molecular weight is 468 g/mol. The maximum Gasteiger partial charge on any atom is 0.192 e. The highest BCUT2D eigenvalue weighted by molar-refractivity contribution is 14.0. The lowest BCUT2D eigenvalue weighted by Crippen LogP contribution is -2.44. The predicted molar refractivity (Wildman–Crippen MR) is 118 cm³/mol. The van der Waals surface area contributed by atoms with Gasteiger partial charge in [-0.1, -0.05) is 43.3 Å². The van der Waals surface area contributed by atoms with E-state index in [-0.39, 0.29) is 30.0 Å². The molecule has 142 valence electrons. The first-order valence-electron chi connectivity index (χ1n) is 8.58. The third kappa shape index (κ3) is 6.12. The molecule has 2 aromatic rings. The van der Waals surface area contributed by atoms with Crippen molar-refractivity contribution in [2.45, 2.75) is 39.3 Å². The summed E-state index contributed by atoms with van der Waals surface area (Å²) in [5.41, 5.74) is 1.30. The highest BCUT2D eigenvalue weighted by Gasteiger charge is 2.15. The van der Waals surface area contributed by atoms with Gasteiger partial charge in [-0.3, -0.25) is 0 Å². The van der Waals surface area contributed by atoms with Crippen LogP contribution in [0.1, 0.15) is 37.0 Å². The molecule has 6 nitrogen and oxygen atoms in total. The van der Waals surface area contributed by atoms with Crippen molar-refractivity contribution in [2.24, 2.45) is 12.0 Å². The quantitative estimate of drug-likeness (QED) is 0.284. The highest BCUT2D eigenvalue weighted by Crippen LogP contribution is 2.18. The normalized spacial score (nSPS) is 13.5. The molecule has 26 heavy (non-hydrogen) atoms. The molecule has 2 rings (SSSR count). The lowest BCUT2D eigenvalue weighted by molar-refractivity contribution is 0.550. The third-order valence-electron chi connectivity index (χ3n) is 4.41. The molecule has 0 amide bonds. The van der Waals surface area contributed by atoms with Gasteiger partial charge in [0.15, 0.2) is 11.8 Å². The summed E-state index contributed by atoms with van der Waals surface area (Å²) in [6.45, 7) is 11.2. The van der Waals surface area contributed by atoms with Gasteiger partial charge in [-0.2, -0.15) is 0 Å². The van der Waals surface area contributed by atoms with E-state index in [1.54, 1.807) is 0 Å². The van der Waals surface area contributed by atoms with Crippen LogP contribution in [0.2, 0.25) is 0 Å². The van der Waals surface area contributed by atoms with Gasteiger partial charge in [0, 0.05) is 25.6 Å². The van der Waals surface area contributed by atoms with E-state index in [0.29, 0.717) is 19.0 Å². The van der Waals surface area contributed by atoms with E-state index in [9.17, 15) is 0 Å². The number of hydrogen-bond donors (Lipinski definition) is 2. The summed E-state index contributed by atoms with van der Waals surface area (Å²) in [5.74, 6) is 2.82. The molecule has 0 spiro atoms. The molecule has 0 saturated heterocycles. The summed E-state index contributed by atoms with van der Waals surface area (Å²) in [6.07, 6.45) is 1.81. The molecule has 0 aliphatic heterocycles. The van der Waals surface area contributed by atoms with E-state index in [1.165, 1.54) is 5.56 Å². The SMILES string of the molecule is C=CCNC(=NCc1nnc(C)n1C)NC(C)C(C)c1ccccc1.I. The summed E-state index contributed by atoms with van der Waals surface area (Å²) in [5, 5.41) is 15.0. The Morgan fingerprint density at radius 3 is 2.54 bits per heavy atom. The summed E-state index contributed by atoms with van der Waals surface area (Å²) < 4.78 is 1.95. The first-order valence-corrected chi connectivity index (χ1v) is 8.58. The summed E-state index contributed by atoms with van der Waals surface area (Å²) in [7, 11) is 1.95. The van der Waals surface area contributed by atoms with Crippen LogP contribution >= 0.6 is 24.0 Å². The Kier molecular flexibility index (Phi) is 9.32. The van der Waals surface area contributed by atoms with Crippen molar-refractivity contribution >= 4 is 29.9 Å². The smallest absolute Gasteiger partial charge is 0.192 e. The van der Waals surface area contributed by atoms with Gasteiger partial charge in [-0.15, -0.1) is 40.8 Å². The van der Waals surface area contributed by atoms with E-state index in [0.717, 1.165) is 17.6 Å². The van der Waals surface area contributed by atoms with E-state index >= 15 is 0 Å². The Hall–Kier alpha value is -1.90. The van der Waals surface area contributed by atoms with Crippen molar-refractivity contribution in [3.05, 3.63) is 60.2 Å². The monoisotopic (exact) mass is 468 g/mol. The number of aromatic nitrogens is 3. The molecule has 2 atom stereocenters. The fraction of sp³-hybridized carbons (Fsp3) is 0.421. The predicted octanol–water partition coefficient (Wildman–Crippen LogP) is 3.15. The lowest BCUT2D eigenvalue weighted by Gasteiger charge is -2.24. The number of nitrogens with one attached hydrogen (secondary N) is 2. The van der Waals surface area contributed by atoms with Crippen LogP contribution in [-0.4, -0.2) is 33.3 Å². The van der Waals surface area contributed by atoms with Crippen molar-refractivity contribution in [1.29, 1.82) is 0 Å². The van der Waals surface area contributed by atoms with Crippen LogP contribution in [0.15, 0.2) is 48.0 Å². The van der Waals surface area contributed by atoms with Gasteiger partial charge < -0.3 is 15.2 Å². The van der Waals surface area contributed by atoms with Gasteiger partial charge in [-0.05, 0) is 19.4 Å². The van der Waals surface area contributed by atoms with E-state index < -0.39 is 0 Å². The number of aliphatic imine (C=N–C) groups is 1. The summed E-state index contributed by atoms with van der Waals surface area (Å²) >= 11 is 0. The minimum Gasteiger partial charge on any atom is -0.353 e. The summed E-state index contributed by atoms with van der Waals surface area (Å²) in [6, 6.07) is 10.7. The largest absolute Gasteiger partial charge is 0.353 e. The van der Waals surface area contributed by atoms with Crippen LogP contribution in [0, 0.1) is 6.92 Å². The lowest BCUT2D eigenvalue weighted by atomic mass is 9.94. The third-order valence-corrected chi connectivity index (χ3v) is 4.41. The Bertz CT molecular complexity index is 710. The molecule has 2 unspecified atom stereocenters. The van der Waals surface area contributed by atoms with Gasteiger partial charge in [0.2, 0.25) is 0 Å². The minimum absolute atomic E-state index is 0. The van der Waals surface area contributed by atoms with Crippen LogP contribution in [0.25, 0.3) is 0 Å². The Balaban J connectivity index is 0.00000338.